The van der Waals surface area contributed by atoms with Crippen molar-refractivity contribution in [1.82, 2.24) is 0 Å². The van der Waals surface area contributed by atoms with Crippen LogP contribution >= 0.6 is 15.6 Å². The molecule has 0 fully saturated rings. The molecule has 4 atom stereocenters. The van der Waals surface area contributed by atoms with E-state index in [1.165, 1.54) is 22.3 Å². The Morgan fingerprint density at radius 3 is 0.567 bits per heavy atom. The van der Waals surface area contributed by atoms with Crippen LogP contribution in [0, 0.1) is 45.3 Å². The number of rotatable bonds is 16. The molecule has 0 N–H and O–H groups in total. The monoisotopic (exact) mass is 987 g/mol. The van der Waals surface area contributed by atoms with Crippen molar-refractivity contribution in [3.05, 3.63) is 119 Å². The maximum Gasteiger partial charge on any atom is 2.00 e. The van der Waals surface area contributed by atoms with Gasteiger partial charge in [-0.25, -0.2) is 9.13 Å². The average Bonchev–Trinajstić information content (AvgIpc) is 3.11. The molecule has 0 aliphatic heterocycles. The Hall–Kier alpha value is -2.28. The molecule has 0 saturated carbocycles. The standard InChI is InChI=1S/2C28H43O4P.Ca/c2*1-19(2)25(27(5,6)7)21-11-15-23(16-12-21)31-33(29,30)32-24-17-13-22(14-18-24)26(20(3)4)28(8,9)10;/h2*11-20,25-26H,1-10H3,(H,29,30);/q;;+2/p-2. The summed E-state index contributed by atoms with van der Waals surface area (Å²) in [6.45, 7) is 44.3. The van der Waals surface area contributed by atoms with Crippen molar-refractivity contribution in [3.8, 4) is 23.0 Å². The largest absolute Gasteiger partial charge is 2.00 e. The smallest absolute Gasteiger partial charge is 0.736 e. The zero-order valence-corrected chi connectivity index (χ0v) is 48.7. The Labute approximate surface area is 437 Å². The van der Waals surface area contributed by atoms with E-state index >= 15 is 0 Å². The Morgan fingerprint density at radius 1 is 0.328 bits per heavy atom. The number of phosphoric ester groups is 2. The van der Waals surface area contributed by atoms with Gasteiger partial charge in [0, 0.05) is 0 Å². The summed E-state index contributed by atoms with van der Waals surface area (Å²) in [6, 6.07) is 29.1. The first-order chi connectivity index (χ1) is 30.0. The summed E-state index contributed by atoms with van der Waals surface area (Å²) in [4.78, 5) is 25.1. The predicted octanol–water partition coefficient (Wildman–Crippen LogP) is 16.0. The molecule has 4 unspecified atom stereocenters. The molecule has 0 aliphatic rings. The fourth-order valence-electron chi connectivity index (χ4n) is 11.0. The van der Waals surface area contributed by atoms with Gasteiger partial charge in [0.1, 0.15) is 23.0 Å². The Balaban J connectivity index is 0.000000453. The molecule has 0 radical (unpaired) electrons. The van der Waals surface area contributed by atoms with Crippen molar-refractivity contribution in [2.45, 2.75) is 162 Å². The van der Waals surface area contributed by atoms with Gasteiger partial charge in [-0.1, -0.05) is 187 Å². The SMILES string of the molecule is CC(C)C(c1ccc(OP(=O)([O-])Oc2ccc(C(C(C)C)C(C)(C)C)cc2)cc1)C(C)(C)C.CC(C)C(c1ccc(OP(=O)([O-])Oc2ccc(C(C(C)C)C(C)(C)C)cc2)cc1)C(C)(C)C.[Ca+2]. The van der Waals surface area contributed by atoms with Gasteiger partial charge in [-0.3, -0.25) is 0 Å². The molecule has 368 valence electrons. The van der Waals surface area contributed by atoms with Gasteiger partial charge in [0.15, 0.2) is 0 Å². The van der Waals surface area contributed by atoms with Crippen LogP contribution in [0.5, 0.6) is 23.0 Å². The zero-order chi connectivity index (χ0) is 50.4. The minimum Gasteiger partial charge on any atom is -0.736 e. The minimum atomic E-state index is -4.57. The molecule has 0 aliphatic carbocycles. The van der Waals surface area contributed by atoms with Crippen LogP contribution < -0.4 is 27.9 Å². The third-order valence-corrected chi connectivity index (χ3v) is 14.0. The maximum atomic E-state index is 12.5. The van der Waals surface area contributed by atoms with Gasteiger partial charge in [0.25, 0.3) is 0 Å². The topological polar surface area (TPSA) is 117 Å². The first-order valence-corrected chi connectivity index (χ1v) is 26.7. The van der Waals surface area contributed by atoms with Crippen molar-refractivity contribution in [2.75, 3.05) is 0 Å². The average molecular weight is 987 g/mol. The fourth-order valence-corrected chi connectivity index (χ4v) is 12.6. The molecule has 0 aromatic heterocycles. The molecule has 0 spiro atoms. The quantitative estimate of drug-likeness (QED) is 0.0805. The van der Waals surface area contributed by atoms with E-state index in [1.807, 2.05) is 48.5 Å². The molecular weight excluding hydrogens is 903 g/mol. The second-order valence-corrected chi connectivity index (χ2v) is 26.4. The van der Waals surface area contributed by atoms with Gasteiger partial charge >= 0.3 is 53.4 Å². The first-order valence-electron chi connectivity index (χ1n) is 23.8. The molecule has 0 amide bonds. The van der Waals surface area contributed by atoms with Gasteiger partial charge in [0.2, 0.25) is 0 Å². The van der Waals surface area contributed by atoms with Crippen LogP contribution in [0.15, 0.2) is 97.1 Å². The molecule has 11 heteroatoms. The normalized spacial score (nSPS) is 16.1. The zero-order valence-electron chi connectivity index (χ0n) is 44.7. The number of phosphoric acid groups is 2. The number of hydrogen-bond donors (Lipinski definition) is 0. The van der Waals surface area contributed by atoms with Crippen molar-refractivity contribution >= 4 is 53.4 Å². The Morgan fingerprint density at radius 2 is 0.463 bits per heavy atom. The second-order valence-electron chi connectivity index (χ2n) is 23.9. The van der Waals surface area contributed by atoms with Gasteiger partial charge in [-0.2, -0.15) is 0 Å². The van der Waals surface area contributed by atoms with E-state index in [9.17, 15) is 18.9 Å². The van der Waals surface area contributed by atoms with E-state index in [-0.39, 0.29) is 82.4 Å². The molecule has 0 saturated heterocycles. The molecule has 0 heterocycles. The van der Waals surface area contributed by atoms with Crippen LogP contribution in [0.3, 0.4) is 0 Å². The maximum absolute atomic E-state index is 12.5. The summed E-state index contributed by atoms with van der Waals surface area (Å²) < 4.78 is 46.0. The van der Waals surface area contributed by atoms with E-state index in [0.29, 0.717) is 47.3 Å². The molecular formula is C56H84CaO8P2. The number of hydrogen-bond acceptors (Lipinski definition) is 8. The molecule has 4 aromatic carbocycles. The molecule has 0 bridgehead atoms. The summed E-state index contributed by atoms with van der Waals surface area (Å²) in [5, 5.41) is 0. The van der Waals surface area contributed by atoms with Crippen LogP contribution in [0.25, 0.3) is 0 Å². The summed E-state index contributed by atoms with van der Waals surface area (Å²) in [5.74, 6) is 4.23. The summed E-state index contributed by atoms with van der Waals surface area (Å²) >= 11 is 0. The molecule has 4 aromatic rings. The molecule has 4 rings (SSSR count). The third kappa shape index (κ3) is 18.8. The third-order valence-electron chi connectivity index (χ3n) is 12.2. The van der Waals surface area contributed by atoms with Gasteiger partial charge in [0.05, 0.1) is 0 Å². The van der Waals surface area contributed by atoms with E-state index in [4.69, 9.17) is 18.1 Å². The van der Waals surface area contributed by atoms with Crippen molar-refractivity contribution in [1.29, 1.82) is 0 Å². The summed E-state index contributed by atoms with van der Waals surface area (Å²) in [7, 11) is -9.13. The van der Waals surface area contributed by atoms with Crippen LogP contribution in [0.1, 0.15) is 184 Å². The van der Waals surface area contributed by atoms with Crippen molar-refractivity contribution in [2.24, 2.45) is 45.3 Å². The van der Waals surface area contributed by atoms with Crippen LogP contribution in [-0.4, -0.2) is 37.7 Å². The Bertz CT molecular complexity index is 1880. The summed E-state index contributed by atoms with van der Waals surface area (Å²) in [5.41, 5.74) is 5.06. The van der Waals surface area contributed by atoms with E-state index < -0.39 is 15.6 Å². The fraction of sp³-hybridized carbons (Fsp3) is 0.571. The molecule has 8 nitrogen and oxygen atoms in total. The molecule has 67 heavy (non-hydrogen) atoms. The number of benzene rings is 4. The van der Waals surface area contributed by atoms with Crippen molar-refractivity contribution in [3.63, 3.8) is 0 Å². The van der Waals surface area contributed by atoms with E-state index in [1.54, 1.807) is 48.5 Å². The Kier molecular flexibility index (Phi) is 22.0. The predicted molar refractivity (Wildman–Crippen MR) is 277 cm³/mol. The first kappa shape index (κ1) is 60.8. The van der Waals surface area contributed by atoms with Crippen LogP contribution in [0.4, 0.5) is 0 Å². The van der Waals surface area contributed by atoms with E-state index in [0.717, 1.165) is 0 Å². The van der Waals surface area contributed by atoms with Gasteiger partial charge in [-0.15, -0.1) is 0 Å². The summed E-state index contributed by atoms with van der Waals surface area (Å²) in [6.07, 6.45) is 0. The van der Waals surface area contributed by atoms with E-state index in [2.05, 4.69) is 138 Å². The minimum absolute atomic E-state index is 0. The van der Waals surface area contributed by atoms with Crippen LogP contribution in [-0.2, 0) is 9.13 Å². The van der Waals surface area contributed by atoms with Crippen molar-refractivity contribution < 1.29 is 37.0 Å². The van der Waals surface area contributed by atoms with Gasteiger partial charge in [-0.05, 0) is 140 Å². The van der Waals surface area contributed by atoms with Crippen LogP contribution in [0.2, 0.25) is 0 Å². The van der Waals surface area contributed by atoms with Gasteiger partial charge < -0.3 is 27.9 Å². The second kappa shape index (κ2) is 24.2.